The highest BCUT2D eigenvalue weighted by molar-refractivity contribution is 7.98. The minimum absolute atomic E-state index is 0.00490. The molecule has 0 saturated heterocycles. The third kappa shape index (κ3) is 6.29. The van der Waals surface area contributed by atoms with Crippen LogP contribution in [0.5, 0.6) is 0 Å². The van der Waals surface area contributed by atoms with Gasteiger partial charge in [0.05, 0.1) is 11.5 Å². The number of benzene rings is 2. The van der Waals surface area contributed by atoms with Crippen molar-refractivity contribution in [3.8, 4) is 5.69 Å². The van der Waals surface area contributed by atoms with Gasteiger partial charge in [-0.1, -0.05) is 55.4 Å². The van der Waals surface area contributed by atoms with Gasteiger partial charge in [-0.15, -0.1) is 10.2 Å². The number of nitrogens with one attached hydrogen (secondary N) is 2. The van der Waals surface area contributed by atoms with E-state index in [0.29, 0.717) is 29.0 Å². The van der Waals surface area contributed by atoms with Crippen molar-refractivity contribution in [3.63, 3.8) is 0 Å². The third-order valence-corrected chi connectivity index (χ3v) is 5.45. The fourth-order valence-corrected chi connectivity index (χ4v) is 3.74. The summed E-state index contributed by atoms with van der Waals surface area (Å²) in [7, 11) is 0. The van der Waals surface area contributed by atoms with Crippen molar-refractivity contribution >= 4 is 23.5 Å². The minimum atomic E-state index is -0.440. The van der Waals surface area contributed by atoms with E-state index in [4.69, 9.17) is 0 Å². The minimum Gasteiger partial charge on any atom is -0.338 e. The molecular formula is C21H24N6O3S. The highest BCUT2D eigenvalue weighted by Gasteiger charge is 2.16. The van der Waals surface area contributed by atoms with Crippen LogP contribution in [0.1, 0.15) is 31.2 Å². The molecule has 0 spiro atoms. The molecule has 2 N–H and O–H groups in total. The number of amides is 2. The maximum Gasteiger partial charge on any atom is 0.315 e. The summed E-state index contributed by atoms with van der Waals surface area (Å²) in [6.07, 6.45) is 1.91. The number of nitro benzene ring substituents is 1. The summed E-state index contributed by atoms with van der Waals surface area (Å²) in [5.74, 6) is 1.23. The lowest BCUT2D eigenvalue weighted by Crippen LogP contribution is -2.36. The Labute approximate surface area is 184 Å². The average Bonchev–Trinajstić information content (AvgIpc) is 3.20. The highest BCUT2D eigenvalue weighted by Crippen LogP contribution is 2.26. The fourth-order valence-electron chi connectivity index (χ4n) is 2.81. The number of non-ortho nitro benzene ring substituents is 1. The van der Waals surface area contributed by atoms with Gasteiger partial charge in [0.1, 0.15) is 0 Å². The van der Waals surface area contributed by atoms with Gasteiger partial charge in [0, 0.05) is 30.1 Å². The van der Waals surface area contributed by atoms with Crippen LogP contribution in [0, 0.1) is 10.1 Å². The van der Waals surface area contributed by atoms with Crippen LogP contribution in [0.4, 0.5) is 10.5 Å². The van der Waals surface area contributed by atoms with Crippen molar-refractivity contribution in [2.75, 3.05) is 6.54 Å². The molecule has 0 bridgehead atoms. The lowest BCUT2D eigenvalue weighted by molar-refractivity contribution is -0.384. The number of nitro groups is 1. The molecule has 0 aliphatic heterocycles. The second-order valence-electron chi connectivity index (χ2n) is 6.75. The van der Waals surface area contributed by atoms with Crippen molar-refractivity contribution in [1.82, 2.24) is 25.4 Å². The molecule has 10 heteroatoms. The fraction of sp³-hybridized carbons (Fsp3) is 0.286. The van der Waals surface area contributed by atoms with Gasteiger partial charge in [-0.05, 0) is 24.1 Å². The van der Waals surface area contributed by atoms with Crippen LogP contribution in [0.2, 0.25) is 0 Å². The molecule has 1 aromatic heterocycles. The number of hydrogen-bond donors (Lipinski definition) is 2. The van der Waals surface area contributed by atoms with Crippen molar-refractivity contribution in [2.24, 2.45) is 0 Å². The second-order valence-corrected chi connectivity index (χ2v) is 7.69. The first-order valence-corrected chi connectivity index (χ1v) is 10.9. The van der Waals surface area contributed by atoms with Crippen LogP contribution in [0.3, 0.4) is 0 Å². The molecule has 9 nitrogen and oxygen atoms in total. The Hall–Kier alpha value is -3.40. The van der Waals surface area contributed by atoms with Crippen LogP contribution < -0.4 is 10.6 Å². The van der Waals surface area contributed by atoms with Gasteiger partial charge in [-0.3, -0.25) is 14.7 Å². The maximum absolute atomic E-state index is 12.0. The van der Waals surface area contributed by atoms with E-state index >= 15 is 0 Å². The number of carbonyl (C=O) groups is 1. The molecule has 0 unspecified atom stereocenters. The molecule has 0 fully saturated rings. The number of nitrogens with zero attached hydrogens (tertiary/aromatic N) is 4. The Morgan fingerprint density at radius 3 is 2.52 bits per heavy atom. The largest absolute Gasteiger partial charge is 0.338 e. The molecule has 0 aliphatic rings. The number of urea groups is 1. The molecule has 0 aliphatic carbocycles. The summed E-state index contributed by atoms with van der Waals surface area (Å²) in [5, 5.41) is 25.8. The van der Waals surface area contributed by atoms with E-state index in [9.17, 15) is 14.9 Å². The van der Waals surface area contributed by atoms with Crippen LogP contribution in [-0.4, -0.2) is 32.3 Å². The lowest BCUT2D eigenvalue weighted by Gasteiger charge is -2.11. The van der Waals surface area contributed by atoms with Crippen LogP contribution in [0.25, 0.3) is 5.69 Å². The van der Waals surface area contributed by atoms with E-state index in [0.717, 1.165) is 18.4 Å². The average molecular weight is 441 g/mol. The topological polar surface area (TPSA) is 115 Å². The maximum atomic E-state index is 12.0. The SMILES string of the molecule is CCCCNC(=O)NCc1nnc(SCc2ccccc2)n1-c1ccc([N+](=O)[O-])cc1. The van der Waals surface area contributed by atoms with Gasteiger partial charge in [0.2, 0.25) is 0 Å². The van der Waals surface area contributed by atoms with Gasteiger partial charge >= 0.3 is 6.03 Å². The monoisotopic (exact) mass is 440 g/mol. The van der Waals surface area contributed by atoms with Gasteiger partial charge in [-0.25, -0.2) is 4.79 Å². The predicted molar refractivity (Wildman–Crippen MR) is 119 cm³/mol. The Kier molecular flexibility index (Phi) is 7.99. The van der Waals surface area contributed by atoms with Crippen molar-refractivity contribution in [3.05, 3.63) is 76.1 Å². The first kappa shape index (κ1) is 22.3. The molecule has 162 valence electrons. The first-order chi connectivity index (χ1) is 15.1. The zero-order valence-electron chi connectivity index (χ0n) is 17.2. The summed E-state index contributed by atoms with van der Waals surface area (Å²) >= 11 is 1.50. The highest BCUT2D eigenvalue weighted by atomic mass is 32.2. The molecule has 1 heterocycles. The normalized spacial score (nSPS) is 10.6. The number of aromatic nitrogens is 3. The Morgan fingerprint density at radius 2 is 1.84 bits per heavy atom. The molecule has 2 aromatic carbocycles. The quantitative estimate of drug-likeness (QED) is 0.213. The van der Waals surface area contributed by atoms with Crippen molar-refractivity contribution < 1.29 is 9.72 Å². The number of thioether (sulfide) groups is 1. The first-order valence-electron chi connectivity index (χ1n) is 9.96. The molecule has 0 saturated carbocycles. The zero-order valence-corrected chi connectivity index (χ0v) is 18.0. The molecule has 0 radical (unpaired) electrons. The van der Waals surface area contributed by atoms with E-state index in [1.165, 1.54) is 23.9 Å². The van der Waals surface area contributed by atoms with Crippen LogP contribution >= 0.6 is 11.8 Å². The molecule has 2 amide bonds. The Morgan fingerprint density at radius 1 is 1.10 bits per heavy atom. The molecular weight excluding hydrogens is 416 g/mol. The van der Waals surface area contributed by atoms with E-state index < -0.39 is 4.92 Å². The summed E-state index contributed by atoms with van der Waals surface area (Å²) < 4.78 is 1.81. The van der Waals surface area contributed by atoms with E-state index in [2.05, 4.69) is 27.8 Å². The summed E-state index contributed by atoms with van der Waals surface area (Å²) in [5.41, 5.74) is 1.83. The zero-order chi connectivity index (χ0) is 22.1. The number of hydrogen-bond acceptors (Lipinski definition) is 6. The van der Waals surface area contributed by atoms with Crippen LogP contribution in [-0.2, 0) is 12.3 Å². The van der Waals surface area contributed by atoms with Crippen LogP contribution in [0.15, 0.2) is 59.8 Å². The van der Waals surface area contributed by atoms with E-state index in [1.807, 2.05) is 34.9 Å². The number of carbonyl (C=O) groups excluding carboxylic acids is 1. The standard InChI is InChI=1S/C21H24N6O3S/c1-2-3-13-22-20(28)23-14-19-24-25-21(31-15-16-7-5-4-6-8-16)26(19)17-9-11-18(12-10-17)27(29)30/h4-12H,2-3,13-15H2,1H3,(H2,22,23,28). The summed E-state index contributed by atoms with van der Waals surface area (Å²) in [6, 6.07) is 15.9. The molecule has 3 rings (SSSR count). The predicted octanol–water partition coefficient (Wildman–Crippen LogP) is 4.07. The smallest absolute Gasteiger partial charge is 0.315 e. The molecule has 3 aromatic rings. The van der Waals surface area contributed by atoms with Gasteiger partial charge in [0.15, 0.2) is 11.0 Å². The van der Waals surface area contributed by atoms with Gasteiger partial charge in [-0.2, -0.15) is 0 Å². The van der Waals surface area contributed by atoms with Gasteiger partial charge in [0.25, 0.3) is 5.69 Å². The van der Waals surface area contributed by atoms with Crippen molar-refractivity contribution in [1.29, 1.82) is 0 Å². The molecule has 0 atom stereocenters. The summed E-state index contributed by atoms with van der Waals surface area (Å²) in [4.78, 5) is 22.6. The Bertz CT molecular complexity index is 1010. The number of unbranched alkanes of at least 4 members (excludes halogenated alkanes) is 1. The second kappa shape index (κ2) is 11.1. The third-order valence-electron chi connectivity index (χ3n) is 4.45. The van der Waals surface area contributed by atoms with Gasteiger partial charge < -0.3 is 10.6 Å². The van der Waals surface area contributed by atoms with Crippen molar-refractivity contribution in [2.45, 2.75) is 37.2 Å². The Balaban J connectivity index is 1.79. The summed E-state index contributed by atoms with van der Waals surface area (Å²) in [6.45, 7) is 2.84. The lowest BCUT2D eigenvalue weighted by atomic mass is 10.2. The number of rotatable bonds is 10. The molecule has 31 heavy (non-hydrogen) atoms. The van der Waals surface area contributed by atoms with E-state index in [1.54, 1.807) is 12.1 Å². The van der Waals surface area contributed by atoms with E-state index in [-0.39, 0.29) is 18.3 Å².